The summed E-state index contributed by atoms with van der Waals surface area (Å²) in [4.78, 5) is 48.2. The minimum Gasteiger partial charge on any atom is -0.465 e. The van der Waals surface area contributed by atoms with E-state index in [1.54, 1.807) is 33.7 Å². The number of benzene rings is 1. The molecule has 0 saturated carbocycles. The molecule has 2 bridgehead atoms. The van der Waals surface area contributed by atoms with Crippen LogP contribution in [0.15, 0.2) is 49.6 Å². The number of hydrogen-bond donors (Lipinski definition) is 1. The normalized spacial score (nSPS) is 25.5. The minimum atomic E-state index is -0.668. The third-order valence-electron chi connectivity index (χ3n) is 9.28. The molecule has 236 valence electrons. The Morgan fingerprint density at radius 1 is 1.07 bits per heavy atom. The van der Waals surface area contributed by atoms with Gasteiger partial charge in [0.05, 0.1) is 23.2 Å². The highest BCUT2D eigenvalue weighted by atomic mass is 32.2. The number of hydrogen-bond acceptors (Lipinski definition) is 7. The van der Waals surface area contributed by atoms with Crippen molar-refractivity contribution in [3.63, 3.8) is 0 Å². The number of anilines is 2. The van der Waals surface area contributed by atoms with Gasteiger partial charge in [-0.15, -0.1) is 24.9 Å². The van der Waals surface area contributed by atoms with Crippen LogP contribution < -0.4 is 9.80 Å². The highest BCUT2D eigenvalue weighted by molar-refractivity contribution is 8.02. The Kier molecular flexibility index (Phi) is 11.8. The number of thioether (sulfide) groups is 1. The summed E-state index contributed by atoms with van der Waals surface area (Å²) in [7, 11) is 0. The van der Waals surface area contributed by atoms with E-state index in [0.29, 0.717) is 26.1 Å². The maximum Gasteiger partial charge on any atom is 0.310 e. The number of ether oxygens (including phenoxy) is 1. The molecule has 0 radical (unpaired) electrons. The zero-order chi connectivity index (χ0) is 31.0. The number of aliphatic hydroxyl groups excluding tert-OH is 1. The molecule has 1 N–H and O–H groups in total. The van der Waals surface area contributed by atoms with Crippen LogP contribution in [0.2, 0.25) is 0 Å². The predicted octanol–water partition coefficient (Wildman–Crippen LogP) is 5.21. The summed E-state index contributed by atoms with van der Waals surface area (Å²) >= 11 is 1.67. The lowest BCUT2D eigenvalue weighted by Gasteiger charge is -2.37. The molecular weight excluding hydrogens is 562 g/mol. The molecular formula is C34H49N3O5S. The van der Waals surface area contributed by atoms with Gasteiger partial charge in [-0.05, 0) is 76.6 Å². The molecule has 2 amide bonds. The number of esters is 1. The van der Waals surface area contributed by atoms with E-state index >= 15 is 0 Å². The van der Waals surface area contributed by atoms with Gasteiger partial charge in [0.2, 0.25) is 5.91 Å². The lowest BCUT2D eigenvalue weighted by molar-refractivity contribution is -0.154. The van der Waals surface area contributed by atoms with Crippen LogP contribution in [0.25, 0.3) is 0 Å². The Morgan fingerprint density at radius 3 is 2.42 bits per heavy atom. The number of allylic oxidation sites excluding steroid dienone is 1. The fourth-order valence-electron chi connectivity index (χ4n) is 7.22. The number of carbonyl (C=O) groups excluding carboxylic acids is 3. The van der Waals surface area contributed by atoms with Gasteiger partial charge < -0.3 is 24.5 Å². The highest BCUT2D eigenvalue weighted by Crippen LogP contribution is 2.66. The molecule has 4 rings (SSSR count). The second-order valence-electron chi connectivity index (χ2n) is 11.7. The molecule has 5 atom stereocenters. The molecule has 0 aromatic heterocycles. The summed E-state index contributed by atoms with van der Waals surface area (Å²) in [6.45, 7) is 14.9. The highest BCUT2D eigenvalue weighted by Gasteiger charge is 2.74. The topological polar surface area (TPSA) is 90.4 Å². The molecule has 8 nitrogen and oxygen atoms in total. The first-order chi connectivity index (χ1) is 20.9. The number of aliphatic hydroxyl groups is 1. The maximum absolute atomic E-state index is 14.7. The third kappa shape index (κ3) is 6.68. The molecule has 2 unspecified atom stereocenters. The summed E-state index contributed by atoms with van der Waals surface area (Å²) in [5.74, 6) is -1.63. The third-order valence-corrected chi connectivity index (χ3v) is 11.2. The molecule has 0 aliphatic carbocycles. The van der Waals surface area contributed by atoms with Gasteiger partial charge in [0, 0.05) is 49.4 Å². The van der Waals surface area contributed by atoms with E-state index < -0.39 is 22.6 Å². The fourth-order valence-corrected chi connectivity index (χ4v) is 9.42. The molecule has 9 heteroatoms. The predicted molar refractivity (Wildman–Crippen MR) is 174 cm³/mol. The van der Waals surface area contributed by atoms with E-state index in [1.807, 2.05) is 24.3 Å². The van der Waals surface area contributed by atoms with E-state index in [0.717, 1.165) is 69.4 Å². The van der Waals surface area contributed by atoms with Crippen LogP contribution in [0, 0.1) is 11.8 Å². The van der Waals surface area contributed by atoms with Gasteiger partial charge in [-0.25, -0.2) is 0 Å². The van der Waals surface area contributed by atoms with Crippen molar-refractivity contribution in [2.24, 2.45) is 11.8 Å². The zero-order valence-electron chi connectivity index (χ0n) is 25.9. The lowest BCUT2D eigenvalue weighted by atomic mass is 9.71. The minimum absolute atomic E-state index is 0.0240. The molecule has 3 heterocycles. The van der Waals surface area contributed by atoms with E-state index in [2.05, 4.69) is 31.9 Å². The van der Waals surface area contributed by atoms with Crippen LogP contribution in [0.5, 0.6) is 0 Å². The number of carbonyl (C=O) groups is 3. The van der Waals surface area contributed by atoms with Gasteiger partial charge in [-0.1, -0.05) is 25.0 Å². The van der Waals surface area contributed by atoms with Gasteiger partial charge in [0.15, 0.2) is 0 Å². The van der Waals surface area contributed by atoms with Crippen molar-refractivity contribution >= 4 is 40.9 Å². The smallest absolute Gasteiger partial charge is 0.310 e. The number of fused-ring (bicyclic) bond motifs is 1. The van der Waals surface area contributed by atoms with Crippen LogP contribution in [0.3, 0.4) is 0 Å². The van der Waals surface area contributed by atoms with Crippen LogP contribution >= 0.6 is 11.8 Å². The molecule has 3 saturated heterocycles. The molecule has 1 spiro atoms. The summed E-state index contributed by atoms with van der Waals surface area (Å²) in [5, 5.41) is 9.18. The van der Waals surface area contributed by atoms with Gasteiger partial charge in [-0.3, -0.25) is 14.4 Å². The van der Waals surface area contributed by atoms with Crippen LogP contribution in [-0.2, 0) is 19.1 Å². The number of rotatable bonds is 18. The largest absolute Gasteiger partial charge is 0.465 e. The molecule has 3 aliphatic rings. The van der Waals surface area contributed by atoms with E-state index in [9.17, 15) is 19.5 Å². The summed E-state index contributed by atoms with van der Waals surface area (Å²) in [6.07, 6.45) is 9.68. The monoisotopic (exact) mass is 611 g/mol. The summed E-state index contributed by atoms with van der Waals surface area (Å²) < 4.78 is 5.03. The first-order valence-electron chi connectivity index (χ1n) is 16.0. The first kappa shape index (κ1) is 33.1. The van der Waals surface area contributed by atoms with E-state index in [1.165, 1.54) is 0 Å². The Labute approximate surface area is 261 Å². The van der Waals surface area contributed by atoms with Crippen molar-refractivity contribution < 1.29 is 24.2 Å². The number of amides is 2. The Hall–Kier alpha value is -2.78. The zero-order valence-corrected chi connectivity index (χ0v) is 26.7. The van der Waals surface area contributed by atoms with Crippen molar-refractivity contribution in [2.45, 2.75) is 81.3 Å². The quantitative estimate of drug-likeness (QED) is 0.139. The molecule has 43 heavy (non-hydrogen) atoms. The number of likely N-dealkylation sites (tertiary alicyclic amines) is 1. The lowest BCUT2D eigenvalue weighted by Crippen LogP contribution is -2.55. The Balaban J connectivity index is 1.65. The average molecular weight is 612 g/mol. The summed E-state index contributed by atoms with van der Waals surface area (Å²) in [5.41, 5.74) is 1.87. The first-order valence-corrected chi connectivity index (χ1v) is 16.9. The average Bonchev–Trinajstić information content (AvgIpc) is 3.66. The molecule has 1 aromatic rings. The van der Waals surface area contributed by atoms with Gasteiger partial charge in [0.25, 0.3) is 5.91 Å². The van der Waals surface area contributed by atoms with Crippen LogP contribution in [-0.4, -0.2) is 83.2 Å². The maximum atomic E-state index is 14.7. The van der Waals surface area contributed by atoms with Crippen molar-refractivity contribution in [2.75, 3.05) is 49.2 Å². The molecule has 3 aliphatic heterocycles. The van der Waals surface area contributed by atoms with Gasteiger partial charge in [-0.2, -0.15) is 0 Å². The van der Waals surface area contributed by atoms with Gasteiger partial charge in [0.1, 0.15) is 6.04 Å². The number of nitrogens with zero attached hydrogens (tertiary/aromatic N) is 3. The van der Waals surface area contributed by atoms with Crippen molar-refractivity contribution in [3.05, 3.63) is 49.6 Å². The standard InChI is InChI=1S/C34H49N3O5S/c1-5-9-14-24-42-33(41)28-27-19-20-34(43-27)29(28)31(39)37(22-12-10-11-13-23-38)30(34)32(40)36(21-6-2)26-17-15-25(16-18-26)35(7-3)8-4/h5-6,15-18,27-30,38H,1-2,7-14,19-24H2,3-4H3/t27-,28+,29+,30?,34?/m1/s1. The molecule has 1 aromatic carbocycles. The summed E-state index contributed by atoms with van der Waals surface area (Å²) in [6, 6.07) is 7.37. The molecule has 3 fully saturated rings. The SMILES string of the molecule is C=CCCCOC(=O)[C@@H]1[C@H]2C(=O)N(CCCCCCO)C(C(=O)N(CC=C)c3ccc(N(CC)CC)cc3)C23CC[C@H]1S3. The van der Waals surface area contributed by atoms with E-state index in [4.69, 9.17) is 4.74 Å². The van der Waals surface area contributed by atoms with Crippen molar-refractivity contribution in [3.8, 4) is 0 Å². The van der Waals surface area contributed by atoms with Crippen molar-refractivity contribution in [1.29, 1.82) is 0 Å². The number of unbranched alkanes of at least 4 members (excludes halogenated alkanes) is 4. The fraction of sp³-hybridized carbons (Fsp3) is 0.618. The van der Waals surface area contributed by atoms with Crippen LogP contribution in [0.4, 0.5) is 11.4 Å². The van der Waals surface area contributed by atoms with Crippen LogP contribution in [0.1, 0.15) is 65.2 Å². The van der Waals surface area contributed by atoms with Gasteiger partial charge >= 0.3 is 5.97 Å². The Bertz CT molecular complexity index is 1140. The second kappa shape index (κ2) is 15.3. The van der Waals surface area contributed by atoms with E-state index in [-0.39, 0.29) is 29.6 Å². The Morgan fingerprint density at radius 2 is 1.77 bits per heavy atom. The van der Waals surface area contributed by atoms with Crippen molar-refractivity contribution in [1.82, 2.24) is 4.90 Å². The second-order valence-corrected chi connectivity index (χ2v) is 13.4.